The fraction of sp³-hybridized carbons (Fsp3) is 0.150. The molecule has 0 saturated carbocycles. The van der Waals surface area contributed by atoms with Gasteiger partial charge >= 0.3 is 0 Å². The molecule has 0 spiro atoms. The number of fused-ring (bicyclic) bond motifs is 1. The molecule has 1 unspecified atom stereocenters. The molecule has 0 aliphatic carbocycles. The van der Waals surface area contributed by atoms with Gasteiger partial charge in [-0.05, 0) is 41.4 Å². The van der Waals surface area contributed by atoms with Gasteiger partial charge in [-0.2, -0.15) is 4.37 Å². The minimum atomic E-state index is -0.563. The lowest BCUT2D eigenvalue weighted by Crippen LogP contribution is -2.22. The average Bonchev–Trinajstić information content (AvgIpc) is 3.09. The van der Waals surface area contributed by atoms with Crippen molar-refractivity contribution >= 4 is 29.0 Å². The Hall–Kier alpha value is -3.26. The highest BCUT2D eigenvalue weighted by Crippen LogP contribution is 2.45. The van der Waals surface area contributed by atoms with Crippen LogP contribution in [-0.4, -0.2) is 22.8 Å². The monoisotopic (exact) mass is 397 g/mol. The first-order valence-corrected chi connectivity index (χ1v) is 9.35. The van der Waals surface area contributed by atoms with E-state index in [9.17, 15) is 14.0 Å². The molecule has 2 heterocycles. The van der Waals surface area contributed by atoms with Gasteiger partial charge in [0.1, 0.15) is 17.3 Å². The number of anilines is 1. The molecule has 4 rings (SSSR count). The molecule has 3 aromatic rings. The van der Waals surface area contributed by atoms with Crippen molar-refractivity contribution in [2.45, 2.75) is 12.3 Å². The number of hydrogen-bond acceptors (Lipinski definition) is 5. The van der Waals surface area contributed by atoms with Gasteiger partial charge in [-0.25, -0.2) is 4.39 Å². The average molecular weight is 397 g/mol. The summed E-state index contributed by atoms with van der Waals surface area (Å²) >= 11 is 1.28. The molecule has 0 radical (unpaired) electrons. The lowest BCUT2D eigenvalue weighted by atomic mass is 9.89. The first-order valence-electron chi connectivity index (χ1n) is 8.57. The maximum Gasteiger partial charge on any atom is 0.255 e. The van der Waals surface area contributed by atoms with Crippen LogP contribution >= 0.6 is 11.5 Å². The van der Waals surface area contributed by atoms with Crippen molar-refractivity contribution in [1.82, 2.24) is 4.37 Å². The number of nitrogens with one attached hydrogen (secondary N) is 1. The van der Waals surface area contributed by atoms with E-state index in [1.54, 1.807) is 30.3 Å². The number of primary amides is 1. The Labute approximate surface area is 164 Å². The first kappa shape index (κ1) is 18.1. The van der Waals surface area contributed by atoms with Gasteiger partial charge in [0.2, 0.25) is 5.91 Å². The van der Waals surface area contributed by atoms with Crippen LogP contribution in [0.1, 0.15) is 22.8 Å². The predicted octanol–water partition coefficient (Wildman–Crippen LogP) is 3.29. The molecule has 2 aromatic carbocycles. The number of halogens is 1. The number of nitrogens with two attached hydrogens (primary N) is 1. The van der Waals surface area contributed by atoms with Crippen molar-refractivity contribution in [3.63, 3.8) is 0 Å². The Balaban J connectivity index is 1.71. The number of carbonyl (C=O) groups is 2. The van der Waals surface area contributed by atoms with E-state index in [1.807, 2.05) is 6.07 Å². The molecular formula is C20H16FN3O3S. The number of benzene rings is 2. The number of ether oxygens (including phenoxy) is 1. The van der Waals surface area contributed by atoms with Gasteiger partial charge in [0.05, 0.1) is 10.6 Å². The van der Waals surface area contributed by atoms with Crippen LogP contribution in [0.15, 0.2) is 48.5 Å². The second kappa shape index (κ2) is 7.40. The maximum atomic E-state index is 13.6. The number of rotatable bonds is 5. The highest BCUT2D eigenvalue weighted by atomic mass is 32.1. The maximum absolute atomic E-state index is 13.6. The van der Waals surface area contributed by atoms with E-state index in [2.05, 4.69) is 9.69 Å². The van der Waals surface area contributed by atoms with Crippen molar-refractivity contribution < 1.29 is 18.7 Å². The van der Waals surface area contributed by atoms with Crippen LogP contribution in [0.4, 0.5) is 10.1 Å². The number of amides is 2. The largest absolute Gasteiger partial charge is 0.484 e. The zero-order valence-electron chi connectivity index (χ0n) is 14.6. The van der Waals surface area contributed by atoms with E-state index >= 15 is 0 Å². The lowest BCUT2D eigenvalue weighted by molar-refractivity contribution is -0.120. The number of hydrogen-bond donors (Lipinski definition) is 2. The summed E-state index contributed by atoms with van der Waals surface area (Å²) in [6.45, 7) is -0.218. The Morgan fingerprint density at radius 2 is 2.11 bits per heavy atom. The SMILES string of the molecule is NC(=O)COc1cccc(C2CC(=O)Nc3c(-c4cccc(F)c4)nsc32)c1. The van der Waals surface area contributed by atoms with Gasteiger partial charge in [-0.15, -0.1) is 0 Å². The molecule has 1 aliphatic rings. The topological polar surface area (TPSA) is 94.3 Å². The third-order valence-corrected chi connectivity index (χ3v) is 5.39. The Kier molecular flexibility index (Phi) is 4.79. The Morgan fingerprint density at radius 3 is 2.89 bits per heavy atom. The van der Waals surface area contributed by atoms with Crippen molar-refractivity contribution in [2.75, 3.05) is 11.9 Å². The fourth-order valence-electron chi connectivity index (χ4n) is 3.21. The van der Waals surface area contributed by atoms with Gasteiger partial charge in [0, 0.05) is 17.9 Å². The highest BCUT2D eigenvalue weighted by molar-refractivity contribution is 7.07. The summed E-state index contributed by atoms with van der Waals surface area (Å²) in [7, 11) is 0. The van der Waals surface area contributed by atoms with Crippen molar-refractivity contribution in [2.24, 2.45) is 5.73 Å². The molecule has 1 atom stereocenters. The summed E-state index contributed by atoms with van der Waals surface area (Å²) in [5.41, 5.74) is 7.76. The second-order valence-electron chi connectivity index (χ2n) is 6.41. The summed E-state index contributed by atoms with van der Waals surface area (Å²) in [5, 5.41) is 2.87. The molecule has 0 saturated heterocycles. The van der Waals surface area contributed by atoms with E-state index in [1.165, 1.54) is 23.7 Å². The van der Waals surface area contributed by atoms with Gasteiger partial charge in [0.25, 0.3) is 5.91 Å². The molecule has 1 aliphatic heterocycles. The Bertz CT molecular complexity index is 1070. The van der Waals surface area contributed by atoms with E-state index in [-0.39, 0.29) is 30.7 Å². The molecule has 1 aromatic heterocycles. The normalized spacial score (nSPS) is 15.6. The minimum absolute atomic E-state index is 0.140. The summed E-state index contributed by atoms with van der Waals surface area (Å²) in [6.07, 6.45) is 0.261. The summed E-state index contributed by atoms with van der Waals surface area (Å²) in [5.74, 6) is -0.776. The van der Waals surface area contributed by atoms with Crippen molar-refractivity contribution in [3.05, 3.63) is 64.8 Å². The highest BCUT2D eigenvalue weighted by Gasteiger charge is 2.31. The molecule has 28 heavy (non-hydrogen) atoms. The third-order valence-electron chi connectivity index (χ3n) is 4.43. The van der Waals surface area contributed by atoms with Gasteiger partial charge in [0.15, 0.2) is 6.61 Å². The molecule has 0 bridgehead atoms. The fourth-order valence-corrected chi connectivity index (χ4v) is 4.18. The zero-order valence-corrected chi connectivity index (χ0v) is 15.5. The van der Waals surface area contributed by atoms with Crippen LogP contribution in [0.2, 0.25) is 0 Å². The van der Waals surface area contributed by atoms with Gasteiger partial charge < -0.3 is 15.8 Å². The van der Waals surface area contributed by atoms with E-state index in [4.69, 9.17) is 10.5 Å². The van der Waals surface area contributed by atoms with Gasteiger partial charge in [-0.1, -0.05) is 24.3 Å². The van der Waals surface area contributed by atoms with Crippen LogP contribution in [0.25, 0.3) is 11.3 Å². The van der Waals surface area contributed by atoms with Crippen LogP contribution in [-0.2, 0) is 9.59 Å². The first-order chi connectivity index (χ1) is 13.5. The second-order valence-corrected chi connectivity index (χ2v) is 7.22. The molecule has 8 heteroatoms. The summed E-state index contributed by atoms with van der Waals surface area (Å²) in [4.78, 5) is 24.2. The molecule has 2 amide bonds. The molecule has 3 N–H and O–H groups in total. The molecular weight excluding hydrogens is 381 g/mol. The standard InChI is InChI=1S/C20H16FN3O3S/c21-13-5-1-4-12(7-13)18-19-20(28-24-18)15(9-17(26)23-19)11-3-2-6-14(8-11)27-10-16(22)25/h1-8,15H,9-10H2,(H2,22,25)(H,23,26). The van der Waals surface area contributed by atoms with E-state index in [0.29, 0.717) is 22.7 Å². The summed E-state index contributed by atoms with van der Waals surface area (Å²) in [6, 6.07) is 13.3. The van der Waals surface area contributed by atoms with Gasteiger partial charge in [-0.3, -0.25) is 9.59 Å². The van der Waals surface area contributed by atoms with Crippen molar-refractivity contribution in [1.29, 1.82) is 0 Å². The van der Waals surface area contributed by atoms with Crippen molar-refractivity contribution in [3.8, 4) is 17.0 Å². The van der Waals surface area contributed by atoms with E-state index < -0.39 is 5.91 Å². The third kappa shape index (κ3) is 3.59. The number of carbonyl (C=O) groups excluding carboxylic acids is 2. The number of aromatic nitrogens is 1. The molecule has 142 valence electrons. The lowest BCUT2D eigenvalue weighted by Gasteiger charge is -2.23. The zero-order chi connectivity index (χ0) is 19.7. The minimum Gasteiger partial charge on any atom is -0.484 e. The summed E-state index contributed by atoms with van der Waals surface area (Å²) < 4.78 is 23.5. The van der Waals surface area contributed by atoms with Crippen LogP contribution in [0, 0.1) is 5.82 Å². The van der Waals surface area contributed by atoms with Crippen LogP contribution < -0.4 is 15.8 Å². The predicted molar refractivity (Wildman–Crippen MR) is 104 cm³/mol. The van der Waals surface area contributed by atoms with Crippen LogP contribution in [0.5, 0.6) is 5.75 Å². The molecule has 0 fully saturated rings. The smallest absolute Gasteiger partial charge is 0.255 e. The quantitative estimate of drug-likeness (QED) is 0.691. The van der Waals surface area contributed by atoms with Crippen LogP contribution in [0.3, 0.4) is 0 Å². The Morgan fingerprint density at radius 1 is 1.29 bits per heavy atom. The van der Waals surface area contributed by atoms with E-state index in [0.717, 1.165) is 10.4 Å². The number of nitrogens with zero attached hydrogens (tertiary/aromatic N) is 1. The molecule has 6 nitrogen and oxygen atoms in total.